The molecule has 6 aromatic rings. The normalized spacial score (nSPS) is 11.2. The van der Waals surface area contributed by atoms with Crippen LogP contribution in [0, 0.1) is 0 Å². The standard InChI is InChI=1S/C13H11ClF3N3O.C11H6Cl2F3N3.C7H6F3N.C5H5Cl2N3O/c1-2-21-12-19-10(18-11(14)20-12)7-8-4-3-5-9(6-8)13(15,16)17;12-9-17-8(18-10(13)19-9)5-6-2-1-3-7(4-6)11(14,15)16;8-7(9,10)5-2-1-3-6(11)4-5;1-2-11-5-9-3(6)8-4(7)10-5/h3-6H,2,7H2,1H3;1-4H,5H2;1-4H,11H2;2H2,1H3. The van der Waals surface area contributed by atoms with Gasteiger partial charge in [-0.2, -0.15) is 69.4 Å². The second kappa shape index (κ2) is 23.4. The molecule has 0 fully saturated rings. The first-order valence-electron chi connectivity index (χ1n) is 17.0. The Balaban J connectivity index is 0.000000229. The Labute approximate surface area is 371 Å². The van der Waals surface area contributed by atoms with Crippen LogP contribution in [-0.2, 0) is 31.4 Å². The van der Waals surface area contributed by atoms with Gasteiger partial charge in [0.25, 0.3) is 0 Å². The highest BCUT2D eigenvalue weighted by atomic mass is 35.5. The zero-order valence-electron chi connectivity index (χ0n) is 31.5. The Morgan fingerprint density at radius 2 is 0.774 bits per heavy atom. The molecule has 0 bridgehead atoms. The van der Waals surface area contributed by atoms with E-state index in [2.05, 4.69) is 44.9 Å². The van der Waals surface area contributed by atoms with Crippen molar-refractivity contribution in [2.75, 3.05) is 18.9 Å². The van der Waals surface area contributed by atoms with Crippen LogP contribution in [0.4, 0.5) is 45.2 Å². The molecule has 3 heterocycles. The molecule has 0 spiro atoms. The maximum Gasteiger partial charge on any atom is 0.416 e. The summed E-state index contributed by atoms with van der Waals surface area (Å²) in [5, 5.41) is -0.179. The highest BCUT2D eigenvalue weighted by Crippen LogP contribution is 2.32. The van der Waals surface area contributed by atoms with Gasteiger partial charge in [-0.3, -0.25) is 0 Å². The molecule has 0 unspecified atom stereocenters. The SMILES string of the molecule is CCOc1nc(Cl)nc(Cc2cccc(C(F)(F)F)c2)n1.CCOc1nc(Cl)nc(Cl)n1.FC(F)(F)c1cccc(Cc2nc(Cl)nc(Cl)n2)c1.Nc1cccc(C(F)(F)F)c1. The fourth-order valence-corrected chi connectivity index (χ4v) is 5.30. The first kappa shape index (κ1) is 51.3. The van der Waals surface area contributed by atoms with E-state index in [9.17, 15) is 39.5 Å². The van der Waals surface area contributed by atoms with E-state index in [0.717, 1.165) is 36.4 Å². The summed E-state index contributed by atoms with van der Waals surface area (Å²) >= 11 is 27.8. The molecule has 332 valence electrons. The average molecular weight is 981 g/mol. The summed E-state index contributed by atoms with van der Waals surface area (Å²) in [4.78, 5) is 33.7. The third-order valence-corrected chi connectivity index (χ3v) is 7.66. The number of hydrogen-bond donors (Lipinski definition) is 1. The van der Waals surface area contributed by atoms with Crippen molar-refractivity contribution in [2.24, 2.45) is 0 Å². The number of anilines is 1. The second-order valence-electron chi connectivity index (χ2n) is 11.5. The Morgan fingerprint density at radius 1 is 0.452 bits per heavy atom. The van der Waals surface area contributed by atoms with Gasteiger partial charge in [-0.25, -0.2) is 15.0 Å². The number of benzene rings is 3. The van der Waals surface area contributed by atoms with Crippen LogP contribution < -0.4 is 15.2 Å². The summed E-state index contributed by atoms with van der Waals surface area (Å²) in [6, 6.07) is 14.6. The predicted molar refractivity (Wildman–Crippen MR) is 211 cm³/mol. The molecule has 62 heavy (non-hydrogen) atoms. The number of hydrogen-bond acceptors (Lipinski definition) is 12. The molecule has 2 N–H and O–H groups in total. The Kier molecular flexibility index (Phi) is 19.3. The van der Waals surface area contributed by atoms with Crippen molar-refractivity contribution in [3.05, 3.63) is 139 Å². The van der Waals surface area contributed by atoms with Gasteiger partial charge in [0.15, 0.2) is 0 Å². The van der Waals surface area contributed by atoms with Crippen molar-refractivity contribution in [2.45, 2.75) is 45.2 Å². The molecule has 0 aliphatic heterocycles. The van der Waals surface area contributed by atoms with Gasteiger partial charge in [0, 0.05) is 18.5 Å². The van der Waals surface area contributed by atoms with E-state index in [1.165, 1.54) is 24.3 Å². The quantitative estimate of drug-likeness (QED) is 0.114. The van der Waals surface area contributed by atoms with E-state index in [1.54, 1.807) is 19.1 Å². The molecular formula is C36H28Cl5F9N10O2. The Bertz CT molecular complexity index is 2340. The van der Waals surface area contributed by atoms with Gasteiger partial charge in [-0.1, -0.05) is 42.5 Å². The minimum absolute atomic E-state index is 0.0356. The van der Waals surface area contributed by atoms with Crippen molar-refractivity contribution < 1.29 is 49.0 Å². The van der Waals surface area contributed by atoms with Crippen LogP contribution in [0.5, 0.6) is 12.0 Å². The fourth-order valence-electron chi connectivity index (χ4n) is 4.38. The highest BCUT2D eigenvalue weighted by molar-refractivity contribution is 6.31. The van der Waals surface area contributed by atoms with Crippen LogP contribution in [-0.4, -0.2) is 58.1 Å². The lowest BCUT2D eigenvalue weighted by molar-refractivity contribution is -0.138. The summed E-state index contributed by atoms with van der Waals surface area (Å²) in [6.07, 6.45) is -12.9. The topological polar surface area (TPSA) is 160 Å². The van der Waals surface area contributed by atoms with Crippen molar-refractivity contribution in [1.29, 1.82) is 0 Å². The molecule has 6 rings (SSSR count). The van der Waals surface area contributed by atoms with E-state index in [4.69, 9.17) is 73.2 Å². The average Bonchev–Trinajstić information content (AvgIpc) is 3.14. The van der Waals surface area contributed by atoms with Gasteiger partial charge in [-0.15, -0.1) is 0 Å². The molecule has 3 aromatic heterocycles. The van der Waals surface area contributed by atoms with Crippen molar-refractivity contribution in [3.8, 4) is 12.0 Å². The molecule has 12 nitrogen and oxygen atoms in total. The smallest absolute Gasteiger partial charge is 0.416 e. The Morgan fingerprint density at radius 3 is 1.13 bits per heavy atom. The van der Waals surface area contributed by atoms with Gasteiger partial charge in [0.1, 0.15) is 11.6 Å². The third kappa shape index (κ3) is 18.5. The van der Waals surface area contributed by atoms with Gasteiger partial charge in [-0.05, 0) is 113 Å². The van der Waals surface area contributed by atoms with E-state index < -0.39 is 35.2 Å². The number of alkyl halides is 9. The van der Waals surface area contributed by atoms with Crippen LogP contribution in [0.25, 0.3) is 0 Å². The van der Waals surface area contributed by atoms with Gasteiger partial charge in [0.05, 0.1) is 29.9 Å². The van der Waals surface area contributed by atoms with Gasteiger partial charge in [0.2, 0.25) is 26.4 Å². The predicted octanol–water partition coefficient (Wildman–Crippen LogP) is 11.2. The molecule has 0 saturated carbocycles. The van der Waals surface area contributed by atoms with E-state index in [0.29, 0.717) is 24.3 Å². The third-order valence-electron chi connectivity index (χ3n) is 6.82. The first-order chi connectivity index (χ1) is 28.9. The molecule has 26 heteroatoms. The zero-order valence-corrected chi connectivity index (χ0v) is 35.2. The first-order valence-corrected chi connectivity index (χ1v) is 18.9. The van der Waals surface area contributed by atoms with Crippen molar-refractivity contribution in [1.82, 2.24) is 44.9 Å². The van der Waals surface area contributed by atoms with Crippen LogP contribution in [0.15, 0.2) is 72.8 Å². The minimum atomic E-state index is -4.39. The van der Waals surface area contributed by atoms with Crippen LogP contribution in [0.3, 0.4) is 0 Å². The lowest BCUT2D eigenvalue weighted by Gasteiger charge is -2.09. The van der Waals surface area contributed by atoms with E-state index >= 15 is 0 Å². The Hall–Kier alpha value is -5.09. The lowest BCUT2D eigenvalue weighted by Crippen LogP contribution is -2.07. The van der Waals surface area contributed by atoms with E-state index in [-0.39, 0.29) is 68.6 Å². The fraction of sp³-hybridized carbons (Fsp3) is 0.250. The van der Waals surface area contributed by atoms with Crippen LogP contribution in [0.2, 0.25) is 26.4 Å². The number of nitrogens with two attached hydrogens (primary N) is 1. The maximum absolute atomic E-state index is 12.7. The molecule has 0 aliphatic carbocycles. The zero-order chi connectivity index (χ0) is 46.3. The summed E-state index contributed by atoms with van der Waals surface area (Å²) < 4.78 is 121. The number of nitrogens with zero attached hydrogens (tertiary/aromatic N) is 9. The summed E-state index contributed by atoms with van der Waals surface area (Å²) in [5.74, 6) is 0.460. The molecule has 0 amide bonds. The minimum Gasteiger partial charge on any atom is -0.464 e. The van der Waals surface area contributed by atoms with Crippen molar-refractivity contribution >= 4 is 63.7 Å². The number of ether oxygens (including phenoxy) is 2. The summed E-state index contributed by atoms with van der Waals surface area (Å²) in [5.41, 5.74) is 3.96. The van der Waals surface area contributed by atoms with E-state index in [1.807, 2.05) is 6.92 Å². The number of nitrogen functional groups attached to an aromatic ring is 1. The number of aromatic nitrogens is 9. The van der Waals surface area contributed by atoms with Gasteiger partial charge < -0.3 is 15.2 Å². The maximum atomic E-state index is 12.7. The second-order valence-corrected chi connectivity index (χ2v) is 13.2. The molecule has 0 saturated heterocycles. The summed E-state index contributed by atoms with van der Waals surface area (Å²) in [7, 11) is 0. The lowest BCUT2D eigenvalue weighted by atomic mass is 10.1. The summed E-state index contributed by atoms with van der Waals surface area (Å²) in [6.45, 7) is 4.38. The molecule has 0 atom stereocenters. The molecule has 0 aliphatic rings. The largest absolute Gasteiger partial charge is 0.464 e. The van der Waals surface area contributed by atoms with Crippen molar-refractivity contribution in [3.63, 3.8) is 0 Å². The van der Waals surface area contributed by atoms with Crippen LogP contribution in [0.1, 0.15) is 53.3 Å². The van der Waals surface area contributed by atoms with Crippen LogP contribution >= 0.6 is 58.0 Å². The molecule has 0 radical (unpaired) electrons. The monoisotopic (exact) mass is 978 g/mol. The highest BCUT2D eigenvalue weighted by Gasteiger charge is 2.32. The number of halogens is 14. The molecular weight excluding hydrogens is 953 g/mol. The number of rotatable bonds is 8. The molecule has 3 aromatic carbocycles. The van der Waals surface area contributed by atoms with Gasteiger partial charge >= 0.3 is 30.5 Å².